The molecule has 0 atom stereocenters. The van der Waals surface area contributed by atoms with Crippen molar-refractivity contribution in [3.8, 4) is 11.8 Å². The van der Waals surface area contributed by atoms with Gasteiger partial charge in [-0.3, -0.25) is 9.17 Å². The summed E-state index contributed by atoms with van der Waals surface area (Å²) in [4.78, 5) is 11.4. The highest BCUT2D eigenvalue weighted by Crippen LogP contribution is 2.20. The summed E-state index contributed by atoms with van der Waals surface area (Å²) in [5.74, 6) is 1.52. The molecule has 192 valence electrons. The maximum absolute atomic E-state index is 11.4. The maximum atomic E-state index is 11.4. The van der Waals surface area contributed by atoms with Gasteiger partial charge in [0, 0.05) is 13.0 Å². The van der Waals surface area contributed by atoms with E-state index in [2.05, 4.69) is 32.0 Å². The van der Waals surface area contributed by atoms with Crippen molar-refractivity contribution < 1.29 is 9.47 Å². The van der Waals surface area contributed by atoms with E-state index in [0.29, 0.717) is 43.4 Å². The van der Waals surface area contributed by atoms with Crippen molar-refractivity contribution in [1.82, 2.24) is 24.2 Å². The molecule has 0 bridgehead atoms. The molecule has 11 heteroatoms. The van der Waals surface area contributed by atoms with E-state index in [0.717, 1.165) is 46.4 Å². The Morgan fingerprint density at radius 2 is 1.97 bits per heavy atom. The monoisotopic (exact) mass is 527 g/mol. The first kappa shape index (κ1) is 25.1. The zero-order valence-corrected chi connectivity index (χ0v) is 21.3. The number of nitrogens with zero attached hydrogens (tertiary/aromatic N) is 5. The van der Waals surface area contributed by atoms with Gasteiger partial charge >= 0.3 is 0 Å². The summed E-state index contributed by atoms with van der Waals surface area (Å²) >= 11 is 1.11. The number of ether oxygens (including phenoxy) is 2. The number of anilines is 1. The molecule has 4 aromatic rings. The molecule has 1 aliphatic carbocycles. The molecule has 0 saturated heterocycles. The lowest BCUT2D eigenvalue weighted by Crippen LogP contribution is -2.14. The minimum absolute atomic E-state index is 0.0998. The van der Waals surface area contributed by atoms with Crippen LogP contribution in [0.25, 0.3) is 11.2 Å². The van der Waals surface area contributed by atoms with E-state index < -0.39 is 0 Å². The summed E-state index contributed by atoms with van der Waals surface area (Å²) in [7, 11) is 0. The number of rotatable bonds is 11. The molecule has 0 unspecified atom stereocenters. The van der Waals surface area contributed by atoms with Crippen LogP contribution in [0.5, 0.6) is 5.75 Å². The average molecular weight is 528 g/mol. The molecule has 38 heavy (non-hydrogen) atoms. The molecule has 0 spiro atoms. The van der Waals surface area contributed by atoms with E-state index in [-0.39, 0.29) is 11.1 Å². The van der Waals surface area contributed by atoms with Crippen LogP contribution < -0.4 is 15.6 Å². The molecule has 1 aromatic carbocycles. The lowest BCUT2D eigenvalue weighted by molar-refractivity contribution is 0.107. The number of nitriles is 1. The number of hydrogen-bond acceptors (Lipinski definition) is 9. The van der Waals surface area contributed by atoms with Gasteiger partial charge < -0.3 is 14.8 Å². The van der Waals surface area contributed by atoms with Crippen LogP contribution >= 0.6 is 11.5 Å². The van der Waals surface area contributed by atoms with Crippen molar-refractivity contribution in [2.24, 2.45) is 0 Å². The normalized spacial score (nSPS) is 12.8. The Balaban J connectivity index is 1.09. The van der Waals surface area contributed by atoms with Gasteiger partial charge in [-0.15, -0.1) is 10.2 Å². The number of H-pyrrole nitrogens is 1. The standard InChI is InChI=1S/C27H25N7O3S/c28-18-22-26(35)33-38-27(22)29-13-14-36-15-16-37-21-9-7-19(8-10-21)17-25-31-30-24-12-11-23(32-34(24)25)20-5-3-1-2-4-6-20/h1-5,7-12,29H,6,13-17H2,(H,33,35). The topological polar surface area (TPSA) is 130 Å². The molecule has 0 radical (unpaired) electrons. The smallest absolute Gasteiger partial charge is 0.278 e. The van der Waals surface area contributed by atoms with E-state index in [4.69, 9.17) is 19.8 Å². The molecular weight excluding hydrogens is 502 g/mol. The van der Waals surface area contributed by atoms with Gasteiger partial charge in [0.2, 0.25) is 0 Å². The lowest BCUT2D eigenvalue weighted by atomic mass is 10.1. The molecule has 10 nitrogen and oxygen atoms in total. The number of benzene rings is 1. The number of hydrogen-bond donors (Lipinski definition) is 2. The third-order valence-corrected chi connectivity index (χ3v) is 6.62. The Hall–Kier alpha value is -4.53. The second kappa shape index (κ2) is 12.1. The highest BCUT2D eigenvalue weighted by Gasteiger charge is 2.11. The number of aromatic amines is 1. The first-order chi connectivity index (χ1) is 18.7. The van der Waals surface area contributed by atoms with Crippen molar-refractivity contribution >= 4 is 27.8 Å². The van der Waals surface area contributed by atoms with Crippen molar-refractivity contribution in [3.05, 3.63) is 99.8 Å². The summed E-state index contributed by atoms with van der Waals surface area (Å²) < 4.78 is 15.7. The third-order valence-electron chi connectivity index (χ3n) is 5.78. The Bertz CT molecular complexity index is 1590. The van der Waals surface area contributed by atoms with Crippen LogP contribution in [0, 0.1) is 11.3 Å². The van der Waals surface area contributed by atoms with Crippen LogP contribution in [-0.2, 0) is 11.2 Å². The number of allylic oxidation sites excluding steroid dienone is 6. The molecule has 0 aliphatic heterocycles. The summed E-state index contributed by atoms with van der Waals surface area (Å²) in [6, 6.07) is 13.7. The van der Waals surface area contributed by atoms with E-state index in [1.54, 1.807) is 0 Å². The van der Waals surface area contributed by atoms with Gasteiger partial charge in [-0.25, -0.2) is 0 Å². The van der Waals surface area contributed by atoms with Gasteiger partial charge in [0.25, 0.3) is 5.56 Å². The Morgan fingerprint density at radius 1 is 1.08 bits per heavy atom. The zero-order valence-electron chi connectivity index (χ0n) is 20.5. The molecule has 1 aliphatic rings. The second-order valence-corrected chi connectivity index (χ2v) is 9.19. The third kappa shape index (κ3) is 6.05. The first-order valence-electron chi connectivity index (χ1n) is 12.1. The fraction of sp³-hybridized carbons (Fsp3) is 0.222. The first-order valence-corrected chi connectivity index (χ1v) is 12.9. The maximum Gasteiger partial charge on any atom is 0.278 e. The number of fused-ring (bicyclic) bond motifs is 1. The second-order valence-electron chi connectivity index (χ2n) is 8.37. The number of nitrogens with one attached hydrogen (secondary N) is 2. The van der Waals surface area contributed by atoms with Crippen LogP contribution in [0.1, 0.15) is 29.1 Å². The number of aromatic nitrogens is 5. The summed E-state index contributed by atoms with van der Waals surface area (Å²) in [5.41, 5.74) is 3.57. The predicted octanol–water partition coefficient (Wildman–Crippen LogP) is 3.74. The molecule has 0 fully saturated rings. The van der Waals surface area contributed by atoms with Gasteiger partial charge in [-0.05, 0) is 53.4 Å². The zero-order chi connectivity index (χ0) is 26.2. The quantitative estimate of drug-likeness (QED) is 0.282. The van der Waals surface area contributed by atoms with Gasteiger partial charge in [-0.2, -0.15) is 14.9 Å². The average Bonchev–Trinajstić information content (AvgIpc) is 3.38. The molecule has 0 amide bonds. The minimum atomic E-state index is -0.375. The van der Waals surface area contributed by atoms with E-state index in [1.165, 1.54) is 0 Å². The Kier molecular flexibility index (Phi) is 8.03. The fourth-order valence-corrected chi connectivity index (χ4v) is 4.57. The molecular formula is C27H25N7O3S. The van der Waals surface area contributed by atoms with Crippen LogP contribution in [0.15, 0.2) is 71.6 Å². The lowest BCUT2D eigenvalue weighted by Gasteiger charge is -2.09. The minimum Gasteiger partial charge on any atom is -0.491 e. The summed E-state index contributed by atoms with van der Waals surface area (Å²) in [6.45, 7) is 1.73. The Labute approximate surface area is 222 Å². The van der Waals surface area contributed by atoms with Gasteiger partial charge in [0.05, 0.1) is 18.9 Å². The van der Waals surface area contributed by atoms with E-state index in [9.17, 15) is 4.79 Å². The summed E-state index contributed by atoms with van der Waals surface area (Å²) in [6.07, 6.45) is 11.7. The highest BCUT2D eigenvalue weighted by molar-refractivity contribution is 7.10. The van der Waals surface area contributed by atoms with Crippen LogP contribution in [0.3, 0.4) is 0 Å². The van der Waals surface area contributed by atoms with Crippen molar-refractivity contribution in [1.29, 1.82) is 5.26 Å². The van der Waals surface area contributed by atoms with Crippen LogP contribution in [-0.4, -0.2) is 50.6 Å². The van der Waals surface area contributed by atoms with Crippen LogP contribution in [0.2, 0.25) is 0 Å². The largest absolute Gasteiger partial charge is 0.491 e. The van der Waals surface area contributed by atoms with E-state index in [1.807, 2.05) is 65.2 Å². The molecule has 5 rings (SSSR count). The Morgan fingerprint density at radius 3 is 2.84 bits per heavy atom. The molecule has 0 saturated carbocycles. The SMILES string of the molecule is N#Cc1c(NCCOCCOc2ccc(Cc3nnc4ccc(C5=CC=CC=CC5)nn34)cc2)s[nH]c1=O. The van der Waals surface area contributed by atoms with Crippen molar-refractivity contribution in [3.63, 3.8) is 0 Å². The molecule has 2 N–H and O–H groups in total. The highest BCUT2D eigenvalue weighted by atomic mass is 32.1. The van der Waals surface area contributed by atoms with Gasteiger partial charge in [0.1, 0.15) is 23.4 Å². The van der Waals surface area contributed by atoms with Gasteiger partial charge in [0.15, 0.2) is 17.0 Å². The van der Waals surface area contributed by atoms with Gasteiger partial charge in [-0.1, -0.05) is 42.5 Å². The fourth-order valence-electron chi connectivity index (χ4n) is 3.85. The van der Waals surface area contributed by atoms with Crippen LogP contribution in [0.4, 0.5) is 5.00 Å². The van der Waals surface area contributed by atoms with Crippen molar-refractivity contribution in [2.45, 2.75) is 12.8 Å². The van der Waals surface area contributed by atoms with E-state index >= 15 is 0 Å². The summed E-state index contributed by atoms with van der Waals surface area (Å²) in [5, 5.41) is 26.0. The predicted molar refractivity (Wildman–Crippen MR) is 145 cm³/mol. The molecule has 3 aromatic heterocycles. The van der Waals surface area contributed by atoms with Crippen molar-refractivity contribution in [2.75, 3.05) is 31.7 Å². The molecule has 3 heterocycles.